The van der Waals surface area contributed by atoms with Crippen molar-refractivity contribution < 1.29 is 52.4 Å². The molecule has 0 radical (unpaired) electrons. The van der Waals surface area contributed by atoms with Gasteiger partial charge in [-0.05, 0) is 42.8 Å². The Labute approximate surface area is 187 Å². The molecule has 33 heavy (non-hydrogen) atoms. The van der Waals surface area contributed by atoms with E-state index in [1.165, 1.54) is 0 Å². The summed E-state index contributed by atoms with van der Waals surface area (Å²) in [5, 5.41) is 0. The van der Waals surface area contributed by atoms with Crippen LogP contribution in [0, 0.1) is 6.92 Å². The molecule has 0 fully saturated rings. The van der Waals surface area contributed by atoms with E-state index in [4.69, 9.17) is 9.11 Å². The summed E-state index contributed by atoms with van der Waals surface area (Å²) in [6, 6.07) is 4.17. The van der Waals surface area contributed by atoms with E-state index in [0.29, 0.717) is 6.07 Å². The summed E-state index contributed by atoms with van der Waals surface area (Å²) in [6.07, 6.45) is 0. The number of benzene rings is 2. The average molecular weight is 541 g/mol. The zero-order valence-corrected chi connectivity index (χ0v) is 19.3. The van der Waals surface area contributed by atoms with E-state index in [9.17, 15) is 43.3 Å². The van der Waals surface area contributed by atoms with Crippen LogP contribution in [0.3, 0.4) is 0 Å². The number of rotatable bonds is 6. The SMILES string of the molecule is Cc1c(S(=O)(=O)NS(=O)(=O)O)ccc2c1C(=O)c1cc(S(=O)(=O)NS(=O)(=O)O)ccc1C2=O. The fourth-order valence-corrected chi connectivity index (χ4v) is 7.43. The Kier molecular flexibility index (Phi) is 5.87. The summed E-state index contributed by atoms with van der Waals surface area (Å²) >= 11 is 0. The molecule has 0 heterocycles. The molecule has 1 aliphatic rings. The van der Waals surface area contributed by atoms with Crippen molar-refractivity contribution >= 4 is 52.2 Å². The summed E-state index contributed by atoms with van der Waals surface area (Å²) in [5.41, 5.74) is -1.92. The minimum absolute atomic E-state index is 0.262. The maximum atomic E-state index is 13.1. The Hall–Kier alpha value is -2.58. The van der Waals surface area contributed by atoms with E-state index < -0.39 is 73.1 Å². The van der Waals surface area contributed by atoms with Crippen molar-refractivity contribution in [2.75, 3.05) is 0 Å². The van der Waals surface area contributed by atoms with Gasteiger partial charge in [-0.25, -0.2) is 16.8 Å². The lowest BCUT2D eigenvalue weighted by atomic mass is 9.82. The van der Waals surface area contributed by atoms with E-state index in [1.54, 1.807) is 0 Å². The van der Waals surface area contributed by atoms with Gasteiger partial charge in [-0.3, -0.25) is 18.7 Å². The molecule has 3 rings (SSSR count). The Balaban J connectivity index is 2.21. The number of hydrogen-bond acceptors (Lipinski definition) is 10. The first-order chi connectivity index (χ1) is 14.8. The summed E-state index contributed by atoms with van der Waals surface area (Å²) in [4.78, 5) is 24.3. The van der Waals surface area contributed by atoms with Gasteiger partial charge in [0.05, 0.1) is 9.79 Å². The molecule has 0 saturated carbocycles. The van der Waals surface area contributed by atoms with Gasteiger partial charge in [0, 0.05) is 22.3 Å². The number of fused-ring (bicyclic) bond motifs is 2. The highest BCUT2D eigenvalue weighted by Crippen LogP contribution is 2.33. The van der Waals surface area contributed by atoms with Gasteiger partial charge in [0.25, 0.3) is 20.0 Å². The van der Waals surface area contributed by atoms with Crippen LogP contribution < -0.4 is 8.25 Å². The van der Waals surface area contributed by atoms with Crippen molar-refractivity contribution in [1.82, 2.24) is 8.25 Å². The lowest BCUT2D eigenvalue weighted by Crippen LogP contribution is -2.32. The predicted molar refractivity (Wildman–Crippen MR) is 108 cm³/mol. The van der Waals surface area contributed by atoms with Gasteiger partial charge < -0.3 is 0 Å². The second-order valence-electron chi connectivity index (χ2n) is 6.60. The van der Waals surface area contributed by atoms with Crippen LogP contribution in [0.1, 0.15) is 37.4 Å². The van der Waals surface area contributed by atoms with E-state index in [1.807, 2.05) is 0 Å². The molecule has 14 nitrogen and oxygen atoms in total. The van der Waals surface area contributed by atoms with E-state index in [-0.39, 0.29) is 16.7 Å². The molecule has 1 aliphatic carbocycles. The Bertz CT molecular complexity index is 1670. The Morgan fingerprint density at radius 1 is 0.667 bits per heavy atom. The van der Waals surface area contributed by atoms with Gasteiger partial charge in [0.15, 0.2) is 11.6 Å². The standard InChI is InChI=1S/C15H12N2O12S4/c1-7-12(31(22,23)17-33(27,28)29)5-4-10-13(7)15(19)11-6-8(2-3-9(11)14(10)18)30(20,21)16-32(24,25)26/h2-6,16-17H,1H3,(H,24,25,26)(H,27,28,29). The molecular weight excluding hydrogens is 528 g/mol. The van der Waals surface area contributed by atoms with Gasteiger partial charge in [0.1, 0.15) is 0 Å². The zero-order valence-electron chi connectivity index (χ0n) is 16.0. The van der Waals surface area contributed by atoms with Gasteiger partial charge in [0.2, 0.25) is 0 Å². The maximum absolute atomic E-state index is 13.1. The minimum atomic E-state index is -5.21. The summed E-state index contributed by atoms with van der Waals surface area (Å²) in [7, 11) is -20.2. The highest BCUT2D eigenvalue weighted by molar-refractivity contribution is 8.02. The number of sulfonamides is 2. The van der Waals surface area contributed by atoms with Crippen LogP contribution in [0.5, 0.6) is 0 Å². The van der Waals surface area contributed by atoms with Crippen molar-refractivity contribution in [1.29, 1.82) is 0 Å². The normalized spacial score (nSPS) is 14.6. The van der Waals surface area contributed by atoms with Crippen LogP contribution in [0.25, 0.3) is 0 Å². The number of carbonyl (C=O) groups is 2. The summed E-state index contributed by atoms with van der Waals surface area (Å²) in [5.74, 6) is -1.83. The van der Waals surface area contributed by atoms with Gasteiger partial charge in [-0.1, -0.05) is 8.25 Å². The van der Waals surface area contributed by atoms with Gasteiger partial charge in [-0.15, -0.1) is 0 Å². The fraction of sp³-hybridized carbons (Fsp3) is 0.0667. The molecule has 2 aromatic carbocycles. The Morgan fingerprint density at radius 3 is 1.73 bits per heavy atom. The van der Waals surface area contributed by atoms with Crippen LogP contribution in [0.15, 0.2) is 40.1 Å². The molecule has 0 bridgehead atoms. The van der Waals surface area contributed by atoms with Gasteiger partial charge >= 0.3 is 20.6 Å². The molecular formula is C15H12N2O12S4. The van der Waals surface area contributed by atoms with E-state index in [2.05, 4.69) is 0 Å². The second kappa shape index (κ2) is 7.74. The molecule has 0 saturated heterocycles. The van der Waals surface area contributed by atoms with Crippen LogP contribution in [0.2, 0.25) is 0 Å². The first kappa shape index (κ1) is 25.1. The molecule has 0 aromatic heterocycles. The first-order valence-electron chi connectivity index (χ1n) is 8.23. The van der Waals surface area contributed by atoms with E-state index >= 15 is 0 Å². The molecule has 0 atom stereocenters. The lowest BCUT2D eigenvalue weighted by Gasteiger charge is -2.21. The molecule has 18 heteroatoms. The number of nitrogens with one attached hydrogen (secondary N) is 2. The van der Waals surface area contributed by atoms with Crippen LogP contribution in [0.4, 0.5) is 0 Å². The highest BCUT2D eigenvalue weighted by atomic mass is 32.3. The molecule has 4 N–H and O–H groups in total. The monoisotopic (exact) mass is 540 g/mol. The van der Waals surface area contributed by atoms with Crippen molar-refractivity contribution in [3.63, 3.8) is 0 Å². The van der Waals surface area contributed by atoms with Crippen molar-refractivity contribution in [3.8, 4) is 0 Å². The van der Waals surface area contributed by atoms with E-state index in [0.717, 1.165) is 39.4 Å². The van der Waals surface area contributed by atoms with Gasteiger partial charge in [-0.2, -0.15) is 16.8 Å². The molecule has 0 spiro atoms. The summed E-state index contributed by atoms with van der Waals surface area (Å²) < 4.78 is 112. The first-order valence-corrected chi connectivity index (χ1v) is 14.1. The minimum Gasteiger partial charge on any atom is -0.289 e. The summed E-state index contributed by atoms with van der Waals surface area (Å²) in [6.45, 7) is 1.08. The smallest absolute Gasteiger partial charge is 0.289 e. The molecule has 2 aromatic rings. The predicted octanol–water partition coefficient (Wildman–Crippen LogP) is -1.07. The highest BCUT2D eigenvalue weighted by Gasteiger charge is 2.35. The van der Waals surface area contributed by atoms with Crippen molar-refractivity contribution in [2.45, 2.75) is 16.7 Å². The van der Waals surface area contributed by atoms with Crippen molar-refractivity contribution in [3.05, 3.63) is 58.1 Å². The third-order valence-electron chi connectivity index (χ3n) is 4.40. The number of hydrogen-bond donors (Lipinski definition) is 4. The third kappa shape index (κ3) is 4.87. The molecule has 0 aliphatic heterocycles. The Morgan fingerprint density at radius 2 is 1.18 bits per heavy atom. The van der Waals surface area contributed by atoms with Crippen LogP contribution in [-0.4, -0.2) is 54.3 Å². The average Bonchev–Trinajstić information content (AvgIpc) is 2.61. The number of carbonyl (C=O) groups excluding carboxylic acids is 2. The number of ketones is 2. The second-order valence-corrected chi connectivity index (χ2v) is 12.8. The molecule has 0 amide bonds. The largest absolute Gasteiger partial charge is 0.346 e. The molecule has 0 unspecified atom stereocenters. The molecule has 178 valence electrons. The maximum Gasteiger partial charge on any atom is 0.346 e. The lowest BCUT2D eigenvalue weighted by molar-refractivity contribution is 0.0978. The van der Waals surface area contributed by atoms with Crippen LogP contribution in [-0.2, 0) is 40.7 Å². The topological polar surface area (TPSA) is 235 Å². The van der Waals surface area contributed by atoms with Crippen LogP contribution >= 0.6 is 0 Å². The quantitative estimate of drug-likeness (QED) is 0.274. The van der Waals surface area contributed by atoms with Crippen molar-refractivity contribution in [2.24, 2.45) is 0 Å². The zero-order chi connectivity index (χ0) is 25.1. The third-order valence-corrected chi connectivity index (χ3v) is 9.73. The fourth-order valence-electron chi connectivity index (χ4n) is 3.19.